The van der Waals surface area contributed by atoms with Crippen LogP contribution in [-0.2, 0) is 10.0 Å². The maximum Gasteiger partial charge on any atom is 0.240 e. The molecule has 1 atom stereocenters. The zero-order valence-electron chi connectivity index (χ0n) is 9.76. The lowest BCUT2D eigenvalue weighted by Gasteiger charge is -2.25. The molecule has 1 saturated heterocycles. The summed E-state index contributed by atoms with van der Waals surface area (Å²) < 4.78 is 22.8. The van der Waals surface area contributed by atoms with Gasteiger partial charge >= 0.3 is 0 Å². The van der Waals surface area contributed by atoms with Gasteiger partial charge in [0.05, 0.1) is 11.4 Å². The highest BCUT2D eigenvalue weighted by Gasteiger charge is 2.24. The predicted molar refractivity (Wildman–Crippen MR) is 68.3 cm³/mol. The molecule has 0 saturated carbocycles. The van der Waals surface area contributed by atoms with E-state index in [-0.39, 0.29) is 10.6 Å². The first-order valence-electron chi connectivity index (χ1n) is 5.59. The number of hydrogen-bond acceptors (Lipinski definition) is 4. The number of para-hydroxylation sites is 1. The van der Waals surface area contributed by atoms with Crippen molar-refractivity contribution < 1.29 is 8.42 Å². The van der Waals surface area contributed by atoms with Crippen molar-refractivity contribution >= 4 is 21.4 Å². The molecule has 1 fully saturated rings. The molecule has 1 aromatic carbocycles. The molecule has 1 aromatic rings. The molecule has 1 aliphatic rings. The lowest BCUT2D eigenvalue weighted by molar-refractivity contribution is 0.598. The molecule has 0 amide bonds. The van der Waals surface area contributed by atoms with Crippen LogP contribution in [0.25, 0.3) is 0 Å². The molecule has 17 heavy (non-hydrogen) atoms. The van der Waals surface area contributed by atoms with Crippen LogP contribution in [0.5, 0.6) is 0 Å². The average Bonchev–Trinajstić information content (AvgIpc) is 2.63. The third-order valence-electron chi connectivity index (χ3n) is 3.21. The van der Waals surface area contributed by atoms with Gasteiger partial charge in [0.1, 0.15) is 4.90 Å². The first kappa shape index (κ1) is 12.2. The Morgan fingerprint density at radius 2 is 2.12 bits per heavy atom. The van der Waals surface area contributed by atoms with E-state index in [2.05, 4.69) is 11.8 Å². The summed E-state index contributed by atoms with van der Waals surface area (Å²) in [6, 6.07) is 5.34. The monoisotopic (exact) mass is 255 g/mol. The summed E-state index contributed by atoms with van der Waals surface area (Å²) in [7, 11) is -3.75. The van der Waals surface area contributed by atoms with Gasteiger partial charge in [-0.1, -0.05) is 6.07 Å². The van der Waals surface area contributed by atoms with Gasteiger partial charge < -0.3 is 10.6 Å². The molecule has 2 rings (SSSR count). The first-order chi connectivity index (χ1) is 7.91. The zero-order chi connectivity index (χ0) is 12.6. The van der Waals surface area contributed by atoms with Crippen LogP contribution in [0.15, 0.2) is 23.1 Å². The summed E-state index contributed by atoms with van der Waals surface area (Å²) in [5.74, 6) is 0. The molecule has 1 unspecified atom stereocenters. The van der Waals surface area contributed by atoms with Gasteiger partial charge in [-0.05, 0) is 31.9 Å². The van der Waals surface area contributed by atoms with Gasteiger partial charge in [-0.3, -0.25) is 0 Å². The van der Waals surface area contributed by atoms with Gasteiger partial charge in [0.2, 0.25) is 10.0 Å². The number of rotatable bonds is 2. The van der Waals surface area contributed by atoms with Crippen molar-refractivity contribution in [3.63, 3.8) is 0 Å². The van der Waals surface area contributed by atoms with Crippen LogP contribution in [0.3, 0.4) is 0 Å². The molecule has 0 radical (unpaired) electrons. The van der Waals surface area contributed by atoms with E-state index in [4.69, 9.17) is 10.9 Å². The van der Waals surface area contributed by atoms with E-state index < -0.39 is 10.0 Å². The lowest BCUT2D eigenvalue weighted by Crippen LogP contribution is -2.28. The van der Waals surface area contributed by atoms with Crippen molar-refractivity contribution in [3.05, 3.63) is 18.2 Å². The van der Waals surface area contributed by atoms with Crippen molar-refractivity contribution in [2.75, 3.05) is 17.2 Å². The van der Waals surface area contributed by atoms with Crippen molar-refractivity contribution in [3.8, 4) is 0 Å². The minimum Gasteiger partial charge on any atom is -0.396 e. The van der Waals surface area contributed by atoms with E-state index in [1.165, 1.54) is 6.07 Å². The molecule has 5 nitrogen and oxygen atoms in total. The van der Waals surface area contributed by atoms with Crippen LogP contribution >= 0.6 is 0 Å². The molecular weight excluding hydrogens is 238 g/mol. The predicted octanol–water partition coefficient (Wildman–Crippen LogP) is 0.905. The summed E-state index contributed by atoms with van der Waals surface area (Å²) in [5.41, 5.74) is 6.93. The molecule has 4 N–H and O–H groups in total. The Kier molecular flexibility index (Phi) is 3.01. The molecule has 0 aliphatic carbocycles. The van der Waals surface area contributed by atoms with Crippen LogP contribution in [0.4, 0.5) is 11.4 Å². The standard InChI is InChI=1S/C11H17N3O2S/c1-8-4-3-7-14(8)9-5-2-6-10(11(9)12)17(13,15)16/h2,5-6,8H,3-4,7,12H2,1H3,(H2,13,15,16). The molecule has 6 heteroatoms. The minimum absolute atomic E-state index is 0.00843. The lowest BCUT2D eigenvalue weighted by atomic mass is 10.2. The molecule has 1 aliphatic heterocycles. The fraction of sp³-hybridized carbons (Fsp3) is 0.455. The average molecular weight is 255 g/mol. The Balaban J connectivity index is 2.50. The number of nitrogens with two attached hydrogens (primary N) is 2. The summed E-state index contributed by atoms with van der Waals surface area (Å²) >= 11 is 0. The van der Waals surface area contributed by atoms with Crippen LogP contribution in [0.1, 0.15) is 19.8 Å². The second-order valence-corrected chi connectivity index (χ2v) is 5.95. The summed E-state index contributed by atoms with van der Waals surface area (Å²) in [5, 5.41) is 5.13. The number of benzene rings is 1. The topological polar surface area (TPSA) is 89.4 Å². The van der Waals surface area contributed by atoms with Gasteiger partial charge in [0.25, 0.3) is 0 Å². The van der Waals surface area contributed by atoms with E-state index >= 15 is 0 Å². The molecule has 0 bridgehead atoms. The summed E-state index contributed by atoms with van der Waals surface area (Å²) in [4.78, 5) is 2.14. The first-order valence-corrected chi connectivity index (χ1v) is 7.14. The Hall–Kier alpha value is -1.27. The van der Waals surface area contributed by atoms with E-state index in [1.54, 1.807) is 6.07 Å². The van der Waals surface area contributed by atoms with Crippen molar-refractivity contribution in [2.24, 2.45) is 5.14 Å². The van der Waals surface area contributed by atoms with E-state index in [0.29, 0.717) is 6.04 Å². The number of sulfonamides is 1. The third-order valence-corrected chi connectivity index (χ3v) is 4.18. The quantitative estimate of drug-likeness (QED) is 0.768. The van der Waals surface area contributed by atoms with Crippen LogP contribution in [0, 0.1) is 0 Å². The van der Waals surface area contributed by atoms with Crippen LogP contribution < -0.4 is 15.8 Å². The van der Waals surface area contributed by atoms with Crippen LogP contribution in [-0.4, -0.2) is 21.0 Å². The molecular formula is C11H17N3O2S. The van der Waals surface area contributed by atoms with Gasteiger partial charge in [-0.2, -0.15) is 0 Å². The number of nitrogens with zero attached hydrogens (tertiary/aromatic N) is 1. The van der Waals surface area contributed by atoms with E-state index in [9.17, 15) is 8.42 Å². The Morgan fingerprint density at radius 1 is 1.41 bits per heavy atom. The molecule has 0 spiro atoms. The van der Waals surface area contributed by atoms with E-state index in [0.717, 1.165) is 25.1 Å². The largest absolute Gasteiger partial charge is 0.396 e. The maximum absolute atomic E-state index is 11.4. The normalized spacial score (nSPS) is 20.8. The number of hydrogen-bond donors (Lipinski definition) is 2. The van der Waals surface area contributed by atoms with Gasteiger partial charge in [-0.15, -0.1) is 0 Å². The van der Waals surface area contributed by atoms with Crippen LogP contribution in [0.2, 0.25) is 0 Å². The number of nitrogen functional groups attached to an aromatic ring is 1. The highest BCUT2D eigenvalue weighted by atomic mass is 32.2. The van der Waals surface area contributed by atoms with Gasteiger partial charge in [0, 0.05) is 12.6 Å². The maximum atomic E-state index is 11.4. The highest BCUT2D eigenvalue weighted by Crippen LogP contribution is 2.33. The van der Waals surface area contributed by atoms with Gasteiger partial charge in [-0.25, -0.2) is 13.6 Å². The second-order valence-electron chi connectivity index (χ2n) is 4.42. The third kappa shape index (κ3) is 2.23. The number of primary sulfonamides is 1. The molecule has 0 aromatic heterocycles. The smallest absolute Gasteiger partial charge is 0.240 e. The van der Waals surface area contributed by atoms with Crippen molar-refractivity contribution in [1.82, 2.24) is 0 Å². The summed E-state index contributed by atoms with van der Waals surface area (Å²) in [6.45, 7) is 3.01. The number of anilines is 2. The Bertz CT molecular complexity index is 528. The second kappa shape index (κ2) is 4.19. The van der Waals surface area contributed by atoms with Crippen molar-refractivity contribution in [1.29, 1.82) is 0 Å². The van der Waals surface area contributed by atoms with Crippen molar-refractivity contribution in [2.45, 2.75) is 30.7 Å². The highest BCUT2D eigenvalue weighted by molar-refractivity contribution is 7.89. The SMILES string of the molecule is CC1CCCN1c1cccc(S(N)(=O)=O)c1N. The fourth-order valence-electron chi connectivity index (χ4n) is 2.32. The zero-order valence-corrected chi connectivity index (χ0v) is 10.6. The Morgan fingerprint density at radius 3 is 2.65 bits per heavy atom. The Labute approximate surface area is 101 Å². The summed E-state index contributed by atoms with van der Waals surface area (Å²) in [6.07, 6.45) is 2.19. The minimum atomic E-state index is -3.75. The van der Waals surface area contributed by atoms with Gasteiger partial charge in [0.15, 0.2) is 0 Å². The molecule has 94 valence electrons. The molecule has 1 heterocycles. The van der Waals surface area contributed by atoms with E-state index in [1.807, 2.05) is 6.07 Å². The fourth-order valence-corrected chi connectivity index (χ4v) is 3.00.